The van der Waals surface area contributed by atoms with Crippen LogP contribution in [0.5, 0.6) is 0 Å². The highest BCUT2D eigenvalue weighted by molar-refractivity contribution is 7.92. The highest BCUT2D eigenvalue weighted by atomic mass is 35.5. The lowest BCUT2D eigenvalue weighted by molar-refractivity contribution is -0.139. The zero-order valence-electron chi connectivity index (χ0n) is 21.8. The van der Waals surface area contributed by atoms with Gasteiger partial charge in [0.2, 0.25) is 11.8 Å². The molecule has 0 aliphatic heterocycles. The van der Waals surface area contributed by atoms with Crippen LogP contribution in [0.1, 0.15) is 31.4 Å². The van der Waals surface area contributed by atoms with E-state index in [0.717, 1.165) is 22.0 Å². The van der Waals surface area contributed by atoms with Crippen LogP contribution in [0.2, 0.25) is 10.0 Å². The molecule has 0 bridgehead atoms. The number of amides is 2. The Morgan fingerprint density at radius 3 is 2.23 bits per heavy atom. The Morgan fingerprint density at radius 2 is 1.64 bits per heavy atom. The molecule has 0 saturated carbocycles. The Bertz CT molecular complexity index is 1420. The van der Waals surface area contributed by atoms with Gasteiger partial charge in [-0.25, -0.2) is 12.8 Å². The van der Waals surface area contributed by atoms with Gasteiger partial charge >= 0.3 is 0 Å². The maximum absolute atomic E-state index is 13.8. The number of aryl methyl sites for hydroxylation is 1. The number of anilines is 1. The number of benzene rings is 3. The SMILES string of the molecule is CCCNC(=O)[C@@H](C)N(Cc1ccc(Cl)cc1Cl)C(=O)CN(c1ccc(F)cc1)S(=O)(=O)c1ccc(C)cc1. The van der Waals surface area contributed by atoms with E-state index in [1.807, 2.05) is 13.8 Å². The summed E-state index contributed by atoms with van der Waals surface area (Å²) < 4.78 is 42.1. The minimum atomic E-state index is -4.24. The molecule has 0 radical (unpaired) electrons. The Kier molecular flexibility index (Phi) is 10.4. The molecule has 3 aromatic rings. The summed E-state index contributed by atoms with van der Waals surface area (Å²) in [5.41, 5.74) is 1.48. The predicted molar refractivity (Wildman–Crippen MR) is 152 cm³/mol. The van der Waals surface area contributed by atoms with Gasteiger partial charge in [0.15, 0.2) is 0 Å². The lowest BCUT2D eigenvalue weighted by Crippen LogP contribution is -2.51. The van der Waals surface area contributed by atoms with Gasteiger partial charge < -0.3 is 10.2 Å². The third-order valence-electron chi connectivity index (χ3n) is 6.07. The second-order valence-electron chi connectivity index (χ2n) is 9.03. The van der Waals surface area contributed by atoms with Crippen LogP contribution in [-0.2, 0) is 26.2 Å². The van der Waals surface area contributed by atoms with Crippen molar-refractivity contribution in [3.63, 3.8) is 0 Å². The Labute approximate surface area is 238 Å². The number of nitrogens with zero attached hydrogens (tertiary/aromatic N) is 2. The van der Waals surface area contributed by atoms with Crippen LogP contribution in [0.15, 0.2) is 71.6 Å². The van der Waals surface area contributed by atoms with Crippen LogP contribution in [0.3, 0.4) is 0 Å². The summed E-state index contributed by atoms with van der Waals surface area (Å²) in [6, 6.07) is 14.8. The van der Waals surface area contributed by atoms with Gasteiger partial charge in [0.05, 0.1) is 10.6 Å². The molecule has 0 unspecified atom stereocenters. The van der Waals surface area contributed by atoms with Crippen LogP contribution in [0.4, 0.5) is 10.1 Å². The summed E-state index contributed by atoms with van der Waals surface area (Å²) >= 11 is 12.4. The van der Waals surface area contributed by atoms with Gasteiger partial charge in [-0.2, -0.15) is 0 Å². The van der Waals surface area contributed by atoms with Crippen LogP contribution in [0.25, 0.3) is 0 Å². The number of sulfonamides is 1. The molecule has 3 aromatic carbocycles. The summed E-state index contributed by atoms with van der Waals surface area (Å²) in [5, 5.41) is 3.47. The second kappa shape index (κ2) is 13.3. The van der Waals surface area contributed by atoms with Gasteiger partial charge in [-0.15, -0.1) is 0 Å². The average molecular weight is 595 g/mol. The Morgan fingerprint density at radius 1 is 1.00 bits per heavy atom. The van der Waals surface area contributed by atoms with E-state index in [0.29, 0.717) is 28.6 Å². The first-order chi connectivity index (χ1) is 18.4. The first-order valence-electron chi connectivity index (χ1n) is 12.3. The number of carbonyl (C=O) groups is 2. The largest absolute Gasteiger partial charge is 0.354 e. The molecule has 1 N–H and O–H groups in total. The van der Waals surface area contributed by atoms with Gasteiger partial charge in [-0.1, -0.05) is 53.9 Å². The molecule has 0 aliphatic carbocycles. The molecule has 1 atom stereocenters. The van der Waals surface area contributed by atoms with Crippen molar-refractivity contribution in [3.8, 4) is 0 Å². The topological polar surface area (TPSA) is 86.8 Å². The number of hydrogen-bond acceptors (Lipinski definition) is 4. The Balaban J connectivity index is 2.03. The third-order valence-corrected chi connectivity index (χ3v) is 8.45. The highest BCUT2D eigenvalue weighted by Gasteiger charge is 2.32. The van der Waals surface area contributed by atoms with Gasteiger partial charge in [0, 0.05) is 23.1 Å². The zero-order valence-corrected chi connectivity index (χ0v) is 24.2. The number of nitrogens with one attached hydrogen (secondary N) is 1. The standard InChI is InChI=1S/C28H30Cl2FN3O4S/c1-4-15-32-28(36)20(3)33(17-21-7-8-22(29)16-26(21)30)27(35)18-34(24-11-9-23(31)10-12-24)39(37,38)25-13-5-19(2)6-14-25/h5-14,16,20H,4,15,17-18H2,1-3H3,(H,32,36)/t20-/m1/s1. The van der Waals surface area contributed by atoms with Crippen molar-refractivity contribution >= 4 is 50.7 Å². The second-order valence-corrected chi connectivity index (χ2v) is 11.7. The van der Waals surface area contributed by atoms with E-state index in [4.69, 9.17) is 23.2 Å². The fourth-order valence-electron chi connectivity index (χ4n) is 3.79. The predicted octanol–water partition coefficient (Wildman–Crippen LogP) is 5.58. The first kappa shape index (κ1) is 30.4. The third kappa shape index (κ3) is 7.71. The van der Waals surface area contributed by atoms with Crippen LogP contribution < -0.4 is 9.62 Å². The van der Waals surface area contributed by atoms with E-state index >= 15 is 0 Å². The van der Waals surface area contributed by atoms with E-state index in [9.17, 15) is 22.4 Å². The minimum absolute atomic E-state index is 0.0359. The molecule has 3 rings (SSSR count). The molecule has 0 fully saturated rings. The van der Waals surface area contributed by atoms with Gasteiger partial charge in [-0.05, 0) is 74.4 Å². The molecular formula is C28H30Cl2FN3O4S. The molecule has 0 aromatic heterocycles. The molecular weight excluding hydrogens is 564 g/mol. The molecule has 0 saturated heterocycles. The fourth-order valence-corrected chi connectivity index (χ4v) is 5.67. The maximum Gasteiger partial charge on any atom is 0.264 e. The van der Waals surface area contributed by atoms with E-state index < -0.39 is 40.2 Å². The van der Waals surface area contributed by atoms with Crippen molar-refractivity contribution in [1.82, 2.24) is 10.2 Å². The minimum Gasteiger partial charge on any atom is -0.354 e. The van der Waals surface area contributed by atoms with Crippen molar-refractivity contribution in [3.05, 3.63) is 93.7 Å². The van der Waals surface area contributed by atoms with Gasteiger partial charge in [0.25, 0.3) is 10.0 Å². The molecule has 208 valence electrons. The molecule has 7 nitrogen and oxygen atoms in total. The molecule has 0 aliphatic rings. The number of rotatable bonds is 11. The molecule has 11 heteroatoms. The highest BCUT2D eigenvalue weighted by Crippen LogP contribution is 2.27. The molecule has 0 heterocycles. The molecule has 39 heavy (non-hydrogen) atoms. The fraction of sp³-hybridized carbons (Fsp3) is 0.286. The van der Waals surface area contributed by atoms with Crippen LogP contribution >= 0.6 is 23.2 Å². The Hall–Kier alpha value is -3.14. The average Bonchev–Trinajstić information content (AvgIpc) is 2.90. The van der Waals surface area contributed by atoms with E-state index in [-0.39, 0.29) is 17.1 Å². The molecule has 0 spiro atoms. The van der Waals surface area contributed by atoms with E-state index in [2.05, 4.69) is 5.32 Å². The lowest BCUT2D eigenvalue weighted by Gasteiger charge is -2.32. The van der Waals surface area contributed by atoms with E-state index in [1.165, 1.54) is 35.2 Å². The van der Waals surface area contributed by atoms with Crippen molar-refractivity contribution in [1.29, 1.82) is 0 Å². The number of halogens is 3. The quantitative estimate of drug-likeness (QED) is 0.314. The smallest absolute Gasteiger partial charge is 0.264 e. The summed E-state index contributed by atoms with van der Waals surface area (Å²) in [5.74, 6) is -1.61. The van der Waals surface area contributed by atoms with Crippen molar-refractivity contribution in [2.24, 2.45) is 0 Å². The van der Waals surface area contributed by atoms with Gasteiger partial charge in [-0.3, -0.25) is 13.9 Å². The van der Waals surface area contributed by atoms with E-state index in [1.54, 1.807) is 31.2 Å². The summed E-state index contributed by atoms with van der Waals surface area (Å²) in [4.78, 5) is 27.9. The van der Waals surface area contributed by atoms with Crippen LogP contribution in [0, 0.1) is 12.7 Å². The van der Waals surface area contributed by atoms with Crippen molar-refractivity contribution < 1.29 is 22.4 Å². The number of hydrogen-bond donors (Lipinski definition) is 1. The van der Waals surface area contributed by atoms with Gasteiger partial charge in [0.1, 0.15) is 18.4 Å². The lowest BCUT2D eigenvalue weighted by atomic mass is 10.1. The zero-order chi connectivity index (χ0) is 28.7. The molecule has 2 amide bonds. The summed E-state index contributed by atoms with van der Waals surface area (Å²) in [6.07, 6.45) is 0.697. The number of carbonyl (C=O) groups excluding carboxylic acids is 2. The normalized spacial score (nSPS) is 12.1. The maximum atomic E-state index is 13.8. The van der Waals surface area contributed by atoms with Crippen molar-refractivity contribution in [2.45, 2.75) is 44.7 Å². The van der Waals surface area contributed by atoms with Crippen LogP contribution in [-0.4, -0.2) is 44.3 Å². The summed E-state index contributed by atoms with van der Waals surface area (Å²) in [6.45, 7) is 4.98. The monoisotopic (exact) mass is 593 g/mol. The van der Waals surface area contributed by atoms with Crippen molar-refractivity contribution in [2.75, 3.05) is 17.4 Å². The summed E-state index contributed by atoms with van der Waals surface area (Å²) in [7, 11) is -4.24. The first-order valence-corrected chi connectivity index (χ1v) is 14.5.